The molecule has 0 aromatic carbocycles. The Morgan fingerprint density at radius 3 is 2.71 bits per heavy atom. The molecule has 0 aliphatic carbocycles. The zero-order valence-electron chi connectivity index (χ0n) is 10.6. The van der Waals surface area contributed by atoms with Crippen LogP contribution in [-0.4, -0.2) is 53.9 Å². The molecule has 0 saturated carbocycles. The molecule has 0 bridgehead atoms. The van der Waals surface area contributed by atoms with Gasteiger partial charge in [-0.05, 0) is 0 Å². The Morgan fingerprint density at radius 1 is 1.38 bits per heavy atom. The first-order valence-electron chi connectivity index (χ1n) is 5.64. The second-order valence-corrected chi connectivity index (χ2v) is 5.74. The van der Waals surface area contributed by atoms with Gasteiger partial charge >= 0.3 is 7.60 Å². The highest BCUT2D eigenvalue weighted by atomic mass is 31.2. The lowest BCUT2D eigenvalue weighted by Gasteiger charge is -2.14. The number of ether oxygens (including phenoxy) is 1. The molecule has 6 N–H and O–H groups in total. The Kier molecular flexibility index (Phi) is 4.32. The second kappa shape index (κ2) is 5.85. The van der Waals surface area contributed by atoms with Crippen molar-refractivity contribution in [1.82, 2.24) is 25.0 Å². The van der Waals surface area contributed by atoms with Gasteiger partial charge in [0.05, 0.1) is 6.54 Å². The summed E-state index contributed by atoms with van der Waals surface area (Å²) in [5, 5.41) is 7.45. The minimum Gasteiger partial charge on any atom is -0.382 e. The maximum Gasteiger partial charge on any atom is 0.350 e. The third-order valence-electron chi connectivity index (χ3n) is 2.43. The first kappa shape index (κ1) is 15.5. The number of halogens is 1. The predicted octanol–water partition coefficient (Wildman–Crippen LogP) is -1.12. The van der Waals surface area contributed by atoms with E-state index in [0.717, 1.165) is 0 Å². The van der Waals surface area contributed by atoms with Gasteiger partial charge in [0.15, 0.2) is 17.0 Å². The van der Waals surface area contributed by atoms with Gasteiger partial charge in [0.25, 0.3) is 0 Å². The maximum atomic E-state index is 12.9. The first-order valence-corrected chi connectivity index (χ1v) is 7.44. The molecule has 0 spiro atoms. The predicted molar refractivity (Wildman–Crippen MR) is 69.7 cm³/mol. The molecule has 0 saturated heterocycles. The van der Waals surface area contributed by atoms with Gasteiger partial charge in [0, 0.05) is 0 Å². The van der Waals surface area contributed by atoms with Crippen molar-refractivity contribution in [2.75, 3.05) is 24.5 Å². The van der Waals surface area contributed by atoms with Gasteiger partial charge in [-0.3, -0.25) is 4.57 Å². The number of hydrogen-bond donors (Lipinski definition) is 4. The van der Waals surface area contributed by atoms with Gasteiger partial charge in [0.1, 0.15) is 19.1 Å². The van der Waals surface area contributed by atoms with Crippen LogP contribution in [0.4, 0.5) is 16.2 Å². The fourth-order valence-electron chi connectivity index (χ4n) is 1.56. The number of aromatic nitrogens is 5. The van der Waals surface area contributed by atoms with Crippen molar-refractivity contribution in [2.24, 2.45) is 0 Å². The molecule has 0 aliphatic heterocycles. The number of fused-ring (bicyclic) bond motifs is 1. The molecule has 2 aromatic rings. The molecule has 0 unspecified atom stereocenters. The average Bonchev–Trinajstić information content (AvgIpc) is 2.76. The zero-order chi connectivity index (χ0) is 15.6. The zero-order valence-corrected chi connectivity index (χ0v) is 11.5. The van der Waals surface area contributed by atoms with E-state index < -0.39 is 26.7 Å². The molecule has 116 valence electrons. The van der Waals surface area contributed by atoms with Crippen LogP contribution in [0.1, 0.15) is 0 Å². The average molecular weight is 321 g/mol. The number of anilines is 2. The van der Waals surface area contributed by atoms with Crippen molar-refractivity contribution in [2.45, 2.75) is 12.6 Å². The monoisotopic (exact) mass is 321 g/mol. The smallest absolute Gasteiger partial charge is 0.350 e. The van der Waals surface area contributed by atoms with Crippen LogP contribution in [0.25, 0.3) is 11.2 Å². The van der Waals surface area contributed by atoms with E-state index in [-0.39, 0.29) is 29.5 Å². The molecule has 0 aliphatic rings. The van der Waals surface area contributed by atoms with Gasteiger partial charge in [-0.1, -0.05) is 5.21 Å². The second-order valence-electron chi connectivity index (χ2n) is 4.15. The molecular weight excluding hydrogens is 308 g/mol. The Hall–Kier alpha value is -1.88. The summed E-state index contributed by atoms with van der Waals surface area (Å²) in [4.78, 5) is 25.0. The van der Waals surface area contributed by atoms with Crippen LogP contribution in [0.3, 0.4) is 0 Å². The summed E-state index contributed by atoms with van der Waals surface area (Å²) >= 11 is 0. The number of hydrogen-bond acceptors (Lipinski definition) is 8. The van der Waals surface area contributed by atoms with Gasteiger partial charge in [0.2, 0.25) is 5.95 Å². The summed E-state index contributed by atoms with van der Waals surface area (Å²) < 4.78 is 29.6. The molecule has 2 heterocycles. The van der Waals surface area contributed by atoms with Crippen LogP contribution in [0.2, 0.25) is 0 Å². The van der Waals surface area contributed by atoms with Crippen molar-refractivity contribution in [3.8, 4) is 0 Å². The fourth-order valence-corrected chi connectivity index (χ4v) is 1.96. The van der Waals surface area contributed by atoms with Crippen molar-refractivity contribution in [3.05, 3.63) is 0 Å². The molecule has 0 amide bonds. The Bertz CT molecular complexity index is 689. The van der Waals surface area contributed by atoms with E-state index in [1.807, 2.05) is 0 Å². The highest BCUT2D eigenvalue weighted by Crippen LogP contribution is 2.34. The van der Waals surface area contributed by atoms with Crippen LogP contribution in [0.15, 0.2) is 0 Å². The summed E-state index contributed by atoms with van der Waals surface area (Å²) in [5.74, 6) is -0.0758. The lowest BCUT2D eigenvalue weighted by Crippen LogP contribution is -2.24. The summed E-state index contributed by atoms with van der Waals surface area (Å²) in [6, 6.07) is 0. The van der Waals surface area contributed by atoms with E-state index in [9.17, 15) is 8.96 Å². The van der Waals surface area contributed by atoms with Crippen molar-refractivity contribution < 1.29 is 23.5 Å². The SMILES string of the molecule is Nc1nc(N)c2nnn(C[C@@H](CF)OCP(=O)(O)O)c2n1. The molecule has 13 heteroatoms. The molecular formula is C8H13FN7O4P. The molecule has 2 rings (SSSR count). The van der Waals surface area contributed by atoms with E-state index in [1.165, 1.54) is 4.68 Å². The minimum atomic E-state index is -4.39. The van der Waals surface area contributed by atoms with E-state index in [0.29, 0.717) is 0 Å². The number of nitrogens with zero attached hydrogens (tertiary/aromatic N) is 5. The van der Waals surface area contributed by atoms with Crippen LogP contribution >= 0.6 is 7.60 Å². The van der Waals surface area contributed by atoms with Crippen LogP contribution in [0.5, 0.6) is 0 Å². The normalized spacial score (nSPS) is 13.7. The summed E-state index contributed by atoms with van der Waals surface area (Å²) in [7, 11) is -4.39. The third kappa shape index (κ3) is 3.82. The number of nitrogens with two attached hydrogens (primary N) is 2. The van der Waals surface area contributed by atoms with Crippen LogP contribution in [-0.2, 0) is 15.8 Å². The number of nitrogen functional groups attached to an aromatic ring is 2. The molecule has 0 radical (unpaired) electrons. The Balaban J connectivity index is 2.20. The standard InChI is InChI=1S/C8H13FN7O4P/c9-1-4(20-3-21(17,18)19)2-16-7-5(14-15-16)6(10)12-8(11)13-7/h4H,1-3H2,(H2,17,18,19)(H4,10,11,12,13)/t4-/m1/s1. The van der Waals surface area contributed by atoms with E-state index in [4.69, 9.17) is 26.0 Å². The van der Waals surface area contributed by atoms with E-state index in [1.54, 1.807) is 0 Å². The molecule has 0 fully saturated rings. The fraction of sp³-hybridized carbons (Fsp3) is 0.500. The van der Waals surface area contributed by atoms with Crippen molar-refractivity contribution in [3.63, 3.8) is 0 Å². The summed E-state index contributed by atoms with van der Waals surface area (Å²) in [6.07, 6.45) is -2.02. The number of rotatable bonds is 6. The van der Waals surface area contributed by atoms with Gasteiger partial charge in [-0.25, -0.2) is 9.07 Å². The summed E-state index contributed by atoms with van der Waals surface area (Å²) in [6.45, 7) is -1.14. The Labute approximate surface area is 117 Å². The minimum absolute atomic E-state index is 0.0247. The Morgan fingerprint density at radius 2 is 2.10 bits per heavy atom. The van der Waals surface area contributed by atoms with Gasteiger partial charge < -0.3 is 26.0 Å². The van der Waals surface area contributed by atoms with Gasteiger partial charge in [-0.2, -0.15) is 9.97 Å². The highest BCUT2D eigenvalue weighted by Gasteiger charge is 2.20. The number of alkyl halides is 1. The molecule has 11 nitrogen and oxygen atoms in total. The molecule has 1 atom stereocenters. The van der Waals surface area contributed by atoms with Crippen molar-refractivity contribution in [1.29, 1.82) is 0 Å². The van der Waals surface area contributed by atoms with Crippen LogP contribution in [0, 0.1) is 0 Å². The molecule has 21 heavy (non-hydrogen) atoms. The quantitative estimate of drug-likeness (QED) is 0.476. The third-order valence-corrected chi connectivity index (χ3v) is 2.92. The van der Waals surface area contributed by atoms with E-state index >= 15 is 0 Å². The highest BCUT2D eigenvalue weighted by molar-refractivity contribution is 7.51. The van der Waals surface area contributed by atoms with Gasteiger partial charge in [-0.15, -0.1) is 5.10 Å². The van der Waals surface area contributed by atoms with Crippen molar-refractivity contribution >= 4 is 30.5 Å². The lowest BCUT2D eigenvalue weighted by atomic mass is 10.4. The molecule has 2 aromatic heterocycles. The largest absolute Gasteiger partial charge is 0.382 e. The lowest BCUT2D eigenvalue weighted by molar-refractivity contribution is 0.0419. The van der Waals surface area contributed by atoms with Crippen LogP contribution < -0.4 is 11.5 Å². The summed E-state index contributed by atoms with van der Waals surface area (Å²) in [5.41, 5.74) is 11.4. The maximum absolute atomic E-state index is 12.9. The topological polar surface area (TPSA) is 175 Å². The van der Waals surface area contributed by atoms with E-state index in [2.05, 4.69) is 20.3 Å². The first-order chi connectivity index (χ1) is 9.80.